The maximum atomic E-state index is 12.9. The van der Waals surface area contributed by atoms with Crippen LogP contribution in [-0.4, -0.2) is 48.4 Å². The molecule has 0 saturated heterocycles. The molecule has 1 unspecified atom stereocenters. The molecule has 0 bridgehead atoms. The number of rotatable bonds is 6. The Kier molecular flexibility index (Phi) is 5.34. The van der Waals surface area contributed by atoms with E-state index in [1.807, 2.05) is 25.1 Å². The van der Waals surface area contributed by atoms with Gasteiger partial charge in [-0.1, -0.05) is 0 Å². The number of nitrogens with zero attached hydrogens (tertiary/aromatic N) is 2. The summed E-state index contributed by atoms with van der Waals surface area (Å²) in [5.74, 6) is -0.0407. The molecular weight excluding hydrogens is 370 g/mol. The van der Waals surface area contributed by atoms with Crippen molar-refractivity contribution >= 4 is 32.9 Å². The monoisotopic (exact) mass is 393 g/mol. The normalized spacial score (nSPS) is 15.5. The third-order valence-corrected chi connectivity index (χ3v) is 6.31. The van der Waals surface area contributed by atoms with Crippen LogP contribution in [0.5, 0.6) is 0 Å². The Morgan fingerprint density at radius 3 is 2.69 bits per heavy atom. The summed E-state index contributed by atoms with van der Waals surface area (Å²) in [6.45, 7) is 3.81. The van der Waals surface area contributed by atoms with Crippen molar-refractivity contribution in [3.63, 3.8) is 0 Å². The first-order valence-corrected chi connectivity index (χ1v) is 11.4. The van der Waals surface area contributed by atoms with Gasteiger partial charge in [0.15, 0.2) is 0 Å². The van der Waals surface area contributed by atoms with Gasteiger partial charge < -0.3 is 10.2 Å². The Morgan fingerprint density at radius 2 is 2.12 bits per heavy atom. The van der Waals surface area contributed by atoms with Crippen molar-refractivity contribution in [3.05, 3.63) is 35.3 Å². The number of carbonyl (C=O) groups excluding carboxylic acids is 1. The van der Waals surface area contributed by atoms with Crippen LogP contribution in [0, 0.1) is 6.92 Å². The molecule has 8 heteroatoms. The number of hydrogen-bond acceptors (Lipinski definition) is 5. The number of hydrogen-bond donors (Lipinski definition) is 1. The van der Waals surface area contributed by atoms with E-state index < -0.39 is 9.84 Å². The van der Waals surface area contributed by atoms with Crippen molar-refractivity contribution < 1.29 is 13.2 Å². The standard InChI is InChI=1S/C18H23N3O3S2/c1-12(11-26(3,23)24)21(14-7-8-14)18(22)20-15-5-4-10-19-17(15)16-9-6-13(2)25-16/h4-6,9-10,12,14H,7-8,11H2,1-3H3,(H,20,22). The van der Waals surface area contributed by atoms with Crippen LogP contribution in [-0.2, 0) is 9.84 Å². The van der Waals surface area contributed by atoms with Crippen LogP contribution in [0.4, 0.5) is 10.5 Å². The number of sulfone groups is 1. The molecular formula is C18H23N3O3S2. The summed E-state index contributed by atoms with van der Waals surface area (Å²) in [6, 6.07) is 7.07. The molecule has 0 aromatic carbocycles. The minimum atomic E-state index is -3.16. The molecule has 1 atom stereocenters. The highest BCUT2D eigenvalue weighted by Crippen LogP contribution is 2.33. The van der Waals surface area contributed by atoms with E-state index in [1.54, 1.807) is 35.4 Å². The maximum Gasteiger partial charge on any atom is 0.322 e. The van der Waals surface area contributed by atoms with Crippen LogP contribution < -0.4 is 5.32 Å². The minimum absolute atomic E-state index is 0.0407. The molecule has 0 spiro atoms. The number of aryl methyl sites for hydroxylation is 1. The van der Waals surface area contributed by atoms with Gasteiger partial charge in [0.05, 0.1) is 16.3 Å². The first-order chi connectivity index (χ1) is 12.2. The Bertz CT molecular complexity index is 904. The van der Waals surface area contributed by atoms with E-state index in [-0.39, 0.29) is 23.9 Å². The van der Waals surface area contributed by atoms with Crippen molar-refractivity contribution in [2.45, 2.75) is 38.8 Å². The van der Waals surface area contributed by atoms with E-state index in [9.17, 15) is 13.2 Å². The molecule has 26 heavy (non-hydrogen) atoms. The molecule has 6 nitrogen and oxygen atoms in total. The summed E-state index contributed by atoms with van der Waals surface area (Å²) >= 11 is 1.62. The fraction of sp³-hybridized carbons (Fsp3) is 0.444. The van der Waals surface area contributed by atoms with Gasteiger partial charge in [0, 0.05) is 29.4 Å². The highest BCUT2D eigenvalue weighted by molar-refractivity contribution is 7.90. The second kappa shape index (κ2) is 7.36. The highest BCUT2D eigenvalue weighted by Gasteiger charge is 2.37. The molecule has 3 rings (SSSR count). The second-order valence-electron chi connectivity index (χ2n) is 6.82. The minimum Gasteiger partial charge on any atom is -0.318 e. The molecule has 2 amide bonds. The van der Waals surface area contributed by atoms with Gasteiger partial charge in [0.1, 0.15) is 15.5 Å². The predicted octanol–water partition coefficient (Wildman–Crippen LogP) is 3.55. The lowest BCUT2D eigenvalue weighted by atomic mass is 10.2. The average molecular weight is 394 g/mol. The van der Waals surface area contributed by atoms with Crippen LogP contribution in [0.2, 0.25) is 0 Å². The van der Waals surface area contributed by atoms with Gasteiger partial charge >= 0.3 is 6.03 Å². The summed E-state index contributed by atoms with van der Waals surface area (Å²) in [6.07, 6.45) is 4.72. The molecule has 1 aliphatic rings. The van der Waals surface area contributed by atoms with Gasteiger partial charge in [-0.2, -0.15) is 0 Å². The van der Waals surface area contributed by atoms with E-state index in [1.165, 1.54) is 11.1 Å². The smallest absolute Gasteiger partial charge is 0.318 e. The number of anilines is 1. The first-order valence-electron chi connectivity index (χ1n) is 8.53. The quantitative estimate of drug-likeness (QED) is 0.814. The zero-order valence-corrected chi connectivity index (χ0v) is 16.7. The van der Waals surface area contributed by atoms with Gasteiger partial charge in [0.2, 0.25) is 0 Å². The van der Waals surface area contributed by atoms with Crippen molar-refractivity contribution in [1.82, 2.24) is 9.88 Å². The van der Waals surface area contributed by atoms with E-state index in [4.69, 9.17) is 0 Å². The third kappa shape index (κ3) is 4.62. The zero-order valence-electron chi connectivity index (χ0n) is 15.1. The van der Waals surface area contributed by atoms with Gasteiger partial charge in [-0.3, -0.25) is 4.98 Å². The lowest BCUT2D eigenvalue weighted by molar-refractivity contribution is 0.194. The van der Waals surface area contributed by atoms with Crippen LogP contribution in [0.1, 0.15) is 24.6 Å². The Morgan fingerprint density at radius 1 is 1.38 bits per heavy atom. The van der Waals surface area contributed by atoms with Crippen molar-refractivity contribution in [3.8, 4) is 10.6 Å². The molecule has 0 aliphatic heterocycles. The zero-order chi connectivity index (χ0) is 18.9. The molecule has 1 N–H and O–H groups in total. The molecule has 2 aromatic rings. The summed E-state index contributed by atoms with van der Waals surface area (Å²) in [7, 11) is -3.16. The van der Waals surface area contributed by atoms with E-state index in [2.05, 4.69) is 10.3 Å². The van der Waals surface area contributed by atoms with Crippen molar-refractivity contribution in [2.75, 3.05) is 17.3 Å². The molecule has 1 fully saturated rings. The summed E-state index contributed by atoms with van der Waals surface area (Å²) in [5, 5.41) is 2.94. The van der Waals surface area contributed by atoms with Crippen LogP contribution in [0.25, 0.3) is 10.6 Å². The van der Waals surface area contributed by atoms with Gasteiger partial charge in [-0.05, 0) is 51.0 Å². The number of carbonyl (C=O) groups is 1. The molecule has 140 valence electrons. The molecule has 0 radical (unpaired) electrons. The largest absolute Gasteiger partial charge is 0.322 e. The highest BCUT2D eigenvalue weighted by atomic mass is 32.2. The summed E-state index contributed by atoms with van der Waals surface area (Å²) in [4.78, 5) is 21.1. The number of pyridine rings is 1. The predicted molar refractivity (Wildman–Crippen MR) is 105 cm³/mol. The molecule has 2 heterocycles. The Hall–Kier alpha value is -1.93. The van der Waals surface area contributed by atoms with Crippen LogP contribution >= 0.6 is 11.3 Å². The lowest BCUT2D eigenvalue weighted by Gasteiger charge is -2.29. The molecule has 1 aliphatic carbocycles. The first kappa shape index (κ1) is 18.8. The molecule has 1 saturated carbocycles. The van der Waals surface area contributed by atoms with Crippen LogP contribution in [0.3, 0.4) is 0 Å². The third-order valence-electron chi connectivity index (χ3n) is 4.22. The summed E-state index contributed by atoms with van der Waals surface area (Å²) < 4.78 is 23.3. The van der Waals surface area contributed by atoms with Crippen molar-refractivity contribution in [1.29, 1.82) is 0 Å². The van der Waals surface area contributed by atoms with E-state index in [0.29, 0.717) is 5.69 Å². The van der Waals surface area contributed by atoms with E-state index in [0.717, 1.165) is 23.4 Å². The van der Waals surface area contributed by atoms with Gasteiger partial charge in [0.25, 0.3) is 0 Å². The maximum absolute atomic E-state index is 12.9. The number of amides is 2. The number of nitrogens with one attached hydrogen (secondary N) is 1. The molecule has 2 aromatic heterocycles. The number of aromatic nitrogens is 1. The van der Waals surface area contributed by atoms with E-state index >= 15 is 0 Å². The van der Waals surface area contributed by atoms with Gasteiger partial charge in [-0.15, -0.1) is 11.3 Å². The topological polar surface area (TPSA) is 79.4 Å². The SMILES string of the molecule is Cc1ccc(-c2ncccc2NC(=O)N(C(C)CS(C)(=O)=O)C2CC2)s1. The number of thiophene rings is 1. The fourth-order valence-electron chi connectivity index (χ4n) is 3.04. The lowest BCUT2D eigenvalue weighted by Crippen LogP contribution is -2.46. The summed E-state index contributed by atoms with van der Waals surface area (Å²) in [5.41, 5.74) is 1.36. The van der Waals surface area contributed by atoms with Gasteiger partial charge in [-0.25, -0.2) is 13.2 Å². The van der Waals surface area contributed by atoms with Crippen molar-refractivity contribution in [2.24, 2.45) is 0 Å². The second-order valence-corrected chi connectivity index (χ2v) is 10.3. The number of urea groups is 1. The fourth-order valence-corrected chi connectivity index (χ4v) is 4.96. The van der Waals surface area contributed by atoms with Crippen LogP contribution in [0.15, 0.2) is 30.5 Å². The Balaban J connectivity index is 1.82. The Labute approximate surface area is 158 Å². The average Bonchev–Trinajstić information content (AvgIpc) is 3.26.